The summed E-state index contributed by atoms with van der Waals surface area (Å²) in [5.41, 5.74) is 6.19. The van der Waals surface area contributed by atoms with E-state index in [4.69, 9.17) is 16.6 Å². The minimum Gasteiger partial charge on any atom is -0.289 e. The number of hydrogen-bond donors (Lipinski definition) is 0. The van der Waals surface area contributed by atoms with Crippen LogP contribution in [0.1, 0.15) is 28.1 Å². The van der Waals surface area contributed by atoms with Crippen molar-refractivity contribution in [2.45, 2.75) is 20.3 Å². The van der Waals surface area contributed by atoms with Crippen LogP contribution in [0.3, 0.4) is 0 Å². The monoisotopic (exact) mass is 411 g/mol. The fraction of sp³-hybridized carbons (Fsp3) is 0.125. The summed E-state index contributed by atoms with van der Waals surface area (Å²) < 4.78 is 4.15. The third-order valence-electron chi connectivity index (χ3n) is 5.55. The Hall–Kier alpha value is -3.62. The lowest BCUT2D eigenvalue weighted by molar-refractivity contribution is 0.886. The molecule has 0 atom stereocenters. The van der Waals surface area contributed by atoms with E-state index in [0.717, 1.165) is 39.4 Å². The van der Waals surface area contributed by atoms with Crippen LogP contribution in [0.15, 0.2) is 60.9 Å². The van der Waals surface area contributed by atoms with Crippen molar-refractivity contribution in [2.75, 3.05) is 0 Å². The van der Waals surface area contributed by atoms with Gasteiger partial charge in [-0.3, -0.25) is 8.97 Å². The number of rotatable bonds is 3. The Bertz CT molecular complexity index is 1450. The number of aromatic nitrogens is 4. The smallest absolute Gasteiger partial charge is 0.157 e. The number of imidazole rings is 2. The van der Waals surface area contributed by atoms with Gasteiger partial charge in [0, 0.05) is 29.4 Å². The molecule has 6 heteroatoms. The molecule has 0 fully saturated rings. The second-order valence-corrected chi connectivity index (χ2v) is 7.76. The second kappa shape index (κ2) is 7.01. The van der Waals surface area contributed by atoms with Crippen LogP contribution in [-0.4, -0.2) is 18.9 Å². The number of fused-ring (bicyclic) bond motifs is 3. The molecule has 0 N–H and O–H groups in total. The van der Waals surface area contributed by atoms with Crippen molar-refractivity contribution >= 4 is 28.3 Å². The number of nitriles is 1. The normalized spacial score (nSPS) is 11.3. The summed E-state index contributed by atoms with van der Waals surface area (Å²) >= 11 is 6.09. The fourth-order valence-electron chi connectivity index (χ4n) is 4.04. The summed E-state index contributed by atoms with van der Waals surface area (Å²) in [6.45, 7) is 3.98. The number of para-hydroxylation sites is 2. The highest BCUT2D eigenvalue weighted by molar-refractivity contribution is 6.30. The first-order valence-corrected chi connectivity index (χ1v) is 10.0. The maximum Gasteiger partial charge on any atom is 0.157 e. The molecule has 0 unspecified atom stereocenters. The van der Waals surface area contributed by atoms with Crippen molar-refractivity contribution in [1.82, 2.24) is 18.9 Å². The Balaban J connectivity index is 1.93. The maximum atomic E-state index is 10.0. The van der Waals surface area contributed by atoms with E-state index in [0.29, 0.717) is 22.7 Å². The highest BCUT2D eigenvalue weighted by Crippen LogP contribution is 2.32. The van der Waals surface area contributed by atoms with Gasteiger partial charge < -0.3 is 0 Å². The maximum absolute atomic E-state index is 10.0. The number of benzene rings is 2. The van der Waals surface area contributed by atoms with Gasteiger partial charge in [-0.05, 0) is 49.2 Å². The van der Waals surface area contributed by atoms with Crippen LogP contribution >= 0.6 is 11.6 Å². The molecule has 0 aliphatic heterocycles. The van der Waals surface area contributed by atoms with Gasteiger partial charge in [-0.25, -0.2) is 9.97 Å². The minimum absolute atomic E-state index is 0.594. The van der Waals surface area contributed by atoms with Crippen LogP contribution in [-0.2, 0) is 6.42 Å². The molecular weight excluding hydrogens is 394 g/mol. The molecule has 5 aromatic rings. The minimum atomic E-state index is 0.594. The largest absolute Gasteiger partial charge is 0.289 e. The van der Waals surface area contributed by atoms with Crippen molar-refractivity contribution in [2.24, 2.45) is 0 Å². The van der Waals surface area contributed by atoms with Gasteiger partial charge in [0.1, 0.15) is 17.7 Å². The summed E-state index contributed by atoms with van der Waals surface area (Å²) in [4.78, 5) is 9.24. The Labute approximate surface area is 178 Å². The van der Waals surface area contributed by atoms with E-state index in [1.807, 2.05) is 68.6 Å². The van der Waals surface area contributed by atoms with Gasteiger partial charge in [0.15, 0.2) is 5.65 Å². The van der Waals surface area contributed by atoms with E-state index in [2.05, 4.69) is 20.0 Å². The lowest BCUT2D eigenvalue weighted by Crippen LogP contribution is -2.12. The molecule has 3 aromatic heterocycles. The van der Waals surface area contributed by atoms with Gasteiger partial charge in [-0.2, -0.15) is 5.26 Å². The van der Waals surface area contributed by atoms with Crippen LogP contribution in [0.4, 0.5) is 0 Å². The van der Waals surface area contributed by atoms with Gasteiger partial charge >= 0.3 is 0 Å². The van der Waals surface area contributed by atoms with Gasteiger partial charge in [-0.15, -0.1) is 0 Å². The van der Waals surface area contributed by atoms with Crippen LogP contribution in [0, 0.1) is 25.2 Å². The van der Waals surface area contributed by atoms with Crippen LogP contribution in [0.2, 0.25) is 5.02 Å². The molecule has 0 saturated heterocycles. The Morgan fingerprint density at radius 1 is 1.07 bits per heavy atom. The van der Waals surface area contributed by atoms with Crippen molar-refractivity contribution in [3.05, 3.63) is 94.0 Å². The molecule has 0 spiro atoms. The van der Waals surface area contributed by atoms with E-state index in [1.54, 1.807) is 6.20 Å². The second-order valence-electron chi connectivity index (χ2n) is 7.32. The quantitative estimate of drug-likeness (QED) is 0.399. The number of aryl methyl sites for hydroxylation is 1. The van der Waals surface area contributed by atoms with Crippen molar-refractivity contribution in [1.29, 1.82) is 5.26 Å². The zero-order valence-electron chi connectivity index (χ0n) is 16.6. The van der Waals surface area contributed by atoms with Crippen LogP contribution < -0.4 is 0 Å². The molecular formula is C24H18ClN5. The highest BCUT2D eigenvalue weighted by atomic mass is 35.5. The zero-order chi connectivity index (χ0) is 20.8. The SMILES string of the molecule is Cc1c(Cc2ccc(Cl)cc2)c(-n2ccnc2C)n2c(nc3ccccc32)c1C#N. The topological polar surface area (TPSA) is 58.9 Å². The lowest BCUT2D eigenvalue weighted by atomic mass is 9.97. The summed E-state index contributed by atoms with van der Waals surface area (Å²) in [5.74, 6) is 1.83. The molecule has 0 radical (unpaired) electrons. The molecule has 0 amide bonds. The molecule has 0 bridgehead atoms. The van der Waals surface area contributed by atoms with Gasteiger partial charge in [0.25, 0.3) is 0 Å². The van der Waals surface area contributed by atoms with Crippen LogP contribution in [0.5, 0.6) is 0 Å². The molecule has 0 aliphatic carbocycles. The number of hydrogen-bond acceptors (Lipinski definition) is 3. The van der Waals surface area contributed by atoms with E-state index < -0.39 is 0 Å². The predicted molar refractivity (Wildman–Crippen MR) is 118 cm³/mol. The summed E-state index contributed by atoms with van der Waals surface area (Å²) in [5, 5.41) is 10.7. The molecule has 0 aliphatic rings. The fourth-order valence-corrected chi connectivity index (χ4v) is 4.16. The van der Waals surface area contributed by atoms with E-state index in [1.165, 1.54) is 0 Å². The van der Waals surface area contributed by atoms with Crippen LogP contribution in [0.25, 0.3) is 22.5 Å². The standard InChI is InChI=1S/C24H18ClN5/c1-15-19(13-17-7-9-18(25)10-8-17)24(29-12-11-27-16(29)2)30-22-6-4-3-5-21(22)28-23(30)20(15)14-26/h3-12H,13H2,1-2H3. The summed E-state index contributed by atoms with van der Waals surface area (Å²) in [7, 11) is 0. The molecule has 5 rings (SSSR count). The van der Waals surface area contributed by atoms with E-state index >= 15 is 0 Å². The predicted octanol–water partition coefficient (Wildman–Crippen LogP) is 5.41. The average Bonchev–Trinajstić information content (AvgIpc) is 3.34. The van der Waals surface area contributed by atoms with Crippen molar-refractivity contribution in [3.8, 4) is 11.9 Å². The molecule has 3 heterocycles. The first-order chi connectivity index (χ1) is 14.6. The van der Waals surface area contributed by atoms with Gasteiger partial charge in [-0.1, -0.05) is 35.9 Å². The zero-order valence-corrected chi connectivity index (χ0v) is 17.4. The molecule has 0 saturated carbocycles. The van der Waals surface area contributed by atoms with Gasteiger partial charge in [0.05, 0.1) is 16.6 Å². The average molecular weight is 412 g/mol. The first-order valence-electron chi connectivity index (χ1n) is 9.66. The van der Waals surface area contributed by atoms with E-state index in [9.17, 15) is 5.26 Å². The number of pyridine rings is 1. The highest BCUT2D eigenvalue weighted by Gasteiger charge is 2.22. The Morgan fingerprint density at radius 3 is 2.53 bits per heavy atom. The summed E-state index contributed by atoms with van der Waals surface area (Å²) in [6.07, 6.45) is 4.41. The third kappa shape index (κ3) is 2.77. The van der Waals surface area contributed by atoms with Crippen molar-refractivity contribution < 1.29 is 0 Å². The van der Waals surface area contributed by atoms with Crippen molar-refractivity contribution in [3.63, 3.8) is 0 Å². The van der Waals surface area contributed by atoms with E-state index in [-0.39, 0.29) is 0 Å². The number of nitrogens with zero attached hydrogens (tertiary/aromatic N) is 5. The lowest BCUT2D eigenvalue weighted by Gasteiger charge is -2.19. The Kier molecular flexibility index (Phi) is 4.30. The third-order valence-corrected chi connectivity index (χ3v) is 5.81. The molecule has 5 nitrogen and oxygen atoms in total. The van der Waals surface area contributed by atoms with Gasteiger partial charge in [0.2, 0.25) is 0 Å². The molecule has 146 valence electrons. The molecule has 30 heavy (non-hydrogen) atoms. The number of halogens is 1. The molecule has 2 aromatic carbocycles. The summed E-state index contributed by atoms with van der Waals surface area (Å²) in [6, 6.07) is 18.2. The first kappa shape index (κ1) is 18.4. The Morgan fingerprint density at radius 2 is 1.83 bits per heavy atom.